The van der Waals surface area contributed by atoms with Gasteiger partial charge in [-0.15, -0.1) is 0 Å². The maximum atomic E-state index is 13.0. The van der Waals surface area contributed by atoms with Gasteiger partial charge in [0.05, 0.1) is 17.4 Å². The third-order valence-corrected chi connectivity index (χ3v) is 8.11. The number of Topliss-reactive ketones (excluding diaryl/α,β-unsaturated/α-hetero) is 1. The third kappa shape index (κ3) is 6.25. The lowest BCUT2D eigenvalue weighted by molar-refractivity contribution is -0.118. The highest BCUT2D eigenvalue weighted by atomic mass is 32.2. The Morgan fingerprint density at radius 1 is 1.11 bits per heavy atom. The first-order chi connectivity index (χ1) is 18.1. The number of nitrogens with zero attached hydrogens (tertiary/aromatic N) is 3. The van der Waals surface area contributed by atoms with Crippen LogP contribution in [-0.2, 0) is 33.4 Å². The second-order valence-corrected chi connectivity index (χ2v) is 11.6. The van der Waals surface area contributed by atoms with Crippen LogP contribution in [-0.4, -0.2) is 40.8 Å². The van der Waals surface area contributed by atoms with Crippen LogP contribution in [0, 0.1) is 13.8 Å². The average Bonchev–Trinajstić information content (AvgIpc) is 3.20. The van der Waals surface area contributed by atoms with Gasteiger partial charge in [-0.25, -0.2) is 22.6 Å². The fourth-order valence-corrected chi connectivity index (χ4v) is 5.54. The molecule has 2 N–H and O–H groups in total. The smallest absolute Gasteiger partial charge is 0.277 e. The summed E-state index contributed by atoms with van der Waals surface area (Å²) in [7, 11) is -2.05. The number of hydrogen-bond donors (Lipinski definition) is 2. The normalized spacial score (nSPS) is 12.6. The Kier molecular flexibility index (Phi) is 8.23. The standard InChI is InChI=1S/C28H33N5O4S/c1-18-13-14-22(15-23(18)17-38(36,37)29-4)16-25-31-28(35)26-19(2)30-27(33(26)32-25)24(20(3)34)12-8-11-21-9-6-5-7-10-21/h5-7,9-10,13-15,24,29H,8,11-12,16-17H2,1-4H3,(H,31,32,35). The summed E-state index contributed by atoms with van der Waals surface area (Å²) in [5.41, 5.74) is 4.06. The van der Waals surface area contributed by atoms with Crippen molar-refractivity contribution in [1.29, 1.82) is 0 Å². The average molecular weight is 536 g/mol. The molecule has 0 amide bonds. The number of sulfonamides is 1. The lowest BCUT2D eigenvalue weighted by Gasteiger charge is -2.13. The molecule has 4 aromatic rings. The zero-order chi connectivity index (χ0) is 27.4. The summed E-state index contributed by atoms with van der Waals surface area (Å²) in [5.74, 6) is 0.219. The van der Waals surface area contributed by atoms with E-state index in [1.807, 2.05) is 43.3 Å². The number of benzene rings is 2. The van der Waals surface area contributed by atoms with Gasteiger partial charge in [0.2, 0.25) is 10.0 Å². The van der Waals surface area contributed by atoms with Crippen molar-refractivity contribution < 1.29 is 13.2 Å². The van der Waals surface area contributed by atoms with Gasteiger partial charge in [-0.3, -0.25) is 9.59 Å². The zero-order valence-electron chi connectivity index (χ0n) is 22.1. The molecule has 0 radical (unpaired) electrons. The number of rotatable bonds is 11. The molecule has 38 heavy (non-hydrogen) atoms. The fraction of sp³-hybridized carbons (Fsp3) is 0.357. The SMILES string of the molecule is CNS(=O)(=O)Cc1cc(Cc2nn3c(C(CCCc4ccccc4)C(C)=O)nc(C)c3c(=O)[nH]2)ccc1C. The second kappa shape index (κ2) is 11.4. The molecule has 10 heteroatoms. The number of nitrogens with one attached hydrogen (secondary N) is 2. The first-order valence-corrected chi connectivity index (χ1v) is 14.3. The molecule has 0 spiro atoms. The van der Waals surface area contributed by atoms with E-state index in [1.54, 1.807) is 13.8 Å². The van der Waals surface area contributed by atoms with Crippen molar-refractivity contribution in [3.63, 3.8) is 0 Å². The van der Waals surface area contributed by atoms with E-state index in [0.29, 0.717) is 34.8 Å². The minimum absolute atomic E-state index is 0.0255. The van der Waals surface area contributed by atoms with Crippen LogP contribution in [0.4, 0.5) is 0 Å². The minimum Gasteiger partial charge on any atom is -0.307 e. The highest BCUT2D eigenvalue weighted by molar-refractivity contribution is 7.88. The molecule has 0 saturated heterocycles. The quantitative estimate of drug-likeness (QED) is 0.303. The van der Waals surface area contributed by atoms with Crippen LogP contribution in [0.1, 0.15) is 65.3 Å². The minimum atomic E-state index is -3.43. The summed E-state index contributed by atoms with van der Waals surface area (Å²) in [6.07, 6.45) is 2.51. The van der Waals surface area contributed by atoms with Crippen LogP contribution in [0.15, 0.2) is 53.3 Å². The van der Waals surface area contributed by atoms with Crippen molar-refractivity contribution >= 4 is 21.3 Å². The molecule has 2 aromatic heterocycles. The van der Waals surface area contributed by atoms with E-state index in [4.69, 9.17) is 0 Å². The highest BCUT2D eigenvalue weighted by Crippen LogP contribution is 2.24. The Hall–Kier alpha value is -3.63. The first kappa shape index (κ1) is 27.4. The van der Waals surface area contributed by atoms with Gasteiger partial charge in [0.1, 0.15) is 17.4 Å². The van der Waals surface area contributed by atoms with Crippen molar-refractivity contribution in [2.45, 2.75) is 58.1 Å². The number of carbonyl (C=O) groups is 1. The summed E-state index contributed by atoms with van der Waals surface area (Å²) < 4.78 is 28.0. The molecule has 0 aliphatic heterocycles. The molecular weight excluding hydrogens is 502 g/mol. The Morgan fingerprint density at radius 2 is 1.84 bits per heavy atom. The van der Waals surface area contributed by atoms with E-state index in [1.165, 1.54) is 17.1 Å². The van der Waals surface area contributed by atoms with Gasteiger partial charge in [0.25, 0.3) is 5.56 Å². The number of carbonyl (C=O) groups excluding carboxylic acids is 1. The predicted octanol–water partition coefficient (Wildman–Crippen LogP) is 3.37. The van der Waals surface area contributed by atoms with E-state index in [0.717, 1.165) is 24.0 Å². The summed E-state index contributed by atoms with van der Waals surface area (Å²) >= 11 is 0. The summed E-state index contributed by atoms with van der Waals surface area (Å²) in [6, 6.07) is 15.7. The number of imidazole rings is 1. The van der Waals surface area contributed by atoms with Crippen molar-refractivity contribution in [2.24, 2.45) is 0 Å². The lowest BCUT2D eigenvalue weighted by atomic mass is 9.95. The summed E-state index contributed by atoms with van der Waals surface area (Å²) in [4.78, 5) is 33.2. The predicted molar refractivity (Wildman–Crippen MR) is 147 cm³/mol. The second-order valence-electron chi connectivity index (χ2n) is 9.66. The maximum Gasteiger partial charge on any atom is 0.277 e. The van der Waals surface area contributed by atoms with E-state index >= 15 is 0 Å². The molecule has 2 aromatic carbocycles. The van der Waals surface area contributed by atoms with Crippen LogP contribution in [0.2, 0.25) is 0 Å². The van der Waals surface area contributed by atoms with Crippen LogP contribution in [0.5, 0.6) is 0 Å². The molecule has 4 rings (SSSR count). The number of fused-ring (bicyclic) bond motifs is 1. The molecule has 0 aliphatic carbocycles. The van der Waals surface area contributed by atoms with E-state index in [-0.39, 0.29) is 23.5 Å². The van der Waals surface area contributed by atoms with E-state index < -0.39 is 15.9 Å². The Labute approximate surface area is 222 Å². The van der Waals surface area contributed by atoms with Crippen LogP contribution in [0.3, 0.4) is 0 Å². The van der Waals surface area contributed by atoms with Gasteiger partial charge >= 0.3 is 0 Å². The summed E-state index contributed by atoms with van der Waals surface area (Å²) in [6.45, 7) is 5.15. The molecule has 1 unspecified atom stereocenters. The fourth-order valence-electron chi connectivity index (χ4n) is 4.67. The number of H-pyrrole nitrogens is 1. The van der Waals surface area contributed by atoms with Crippen LogP contribution in [0.25, 0.3) is 5.52 Å². The van der Waals surface area contributed by atoms with Crippen LogP contribution < -0.4 is 10.3 Å². The van der Waals surface area contributed by atoms with Gasteiger partial charge in [-0.2, -0.15) is 5.10 Å². The van der Waals surface area contributed by atoms with Gasteiger partial charge in [0, 0.05) is 6.42 Å². The number of aryl methyl sites for hydroxylation is 3. The van der Waals surface area contributed by atoms with Crippen LogP contribution >= 0.6 is 0 Å². The molecule has 2 heterocycles. The maximum absolute atomic E-state index is 13.0. The largest absolute Gasteiger partial charge is 0.307 e. The van der Waals surface area contributed by atoms with Crippen molar-refractivity contribution in [2.75, 3.05) is 7.05 Å². The number of hydrogen-bond acceptors (Lipinski definition) is 6. The van der Waals surface area contributed by atoms with Gasteiger partial charge in [-0.05, 0) is 69.3 Å². The first-order valence-electron chi connectivity index (χ1n) is 12.6. The molecule has 0 saturated carbocycles. The van der Waals surface area contributed by atoms with Crippen molar-refractivity contribution in [1.82, 2.24) is 24.3 Å². The molecule has 9 nitrogen and oxygen atoms in total. The van der Waals surface area contributed by atoms with Crippen molar-refractivity contribution in [3.05, 3.63) is 98.5 Å². The molecular formula is C28H33N5O4S. The number of aromatic amines is 1. The molecule has 0 aliphatic rings. The van der Waals surface area contributed by atoms with Gasteiger partial charge in [-0.1, -0.05) is 48.5 Å². The molecule has 1 atom stereocenters. The van der Waals surface area contributed by atoms with E-state index in [2.05, 4.69) is 31.9 Å². The lowest BCUT2D eigenvalue weighted by Crippen LogP contribution is -2.21. The third-order valence-electron chi connectivity index (χ3n) is 6.79. The van der Waals surface area contributed by atoms with Crippen molar-refractivity contribution in [3.8, 4) is 0 Å². The Morgan fingerprint density at radius 3 is 2.53 bits per heavy atom. The monoisotopic (exact) mass is 535 g/mol. The molecule has 0 bridgehead atoms. The topological polar surface area (TPSA) is 126 Å². The number of aromatic nitrogens is 4. The zero-order valence-corrected chi connectivity index (χ0v) is 22.9. The molecule has 0 fully saturated rings. The highest BCUT2D eigenvalue weighted by Gasteiger charge is 2.25. The number of ketones is 1. The van der Waals surface area contributed by atoms with E-state index in [9.17, 15) is 18.0 Å². The van der Waals surface area contributed by atoms with Gasteiger partial charge in [0.15, 0.2) is 5.52 Å². The molecule has 200 valence electrons. The summed E-state index contributed by atoms with van der Waals surface area (Å²) in [5, 5.41) is 4.68. The van der Waals surface area contributed by atoms with Gasteiger partial charge < -0.3 is 4.98 Å². The Balaban J connectivity index is 1.65. The Bertz CT molecular complexity index is 1620.